The molecule has 0 unspecified atom stereocenters. The van der Waals surface area contributed by atoms with E-state index in [1.807, 2.05) is 0 Å². The van der Waals surface area contributed by atoms with Crippen molar-refractivity contribution in [3.8, 4) is 17.4 Å². The molecule has 0 aliphatic heterocycles. The Hall–Kier alpha value is -3.57. The third-order valence-corrected chi connectivity index (χ3v) is 5.72. The van der Waals surface area contributed by atoms with Crippen molar-refractivity contribution in [1.29, 1.82) is 0 Å². The van der Waals surface area contributed by atoms with Crippen LogP contribution in [0.2, 0.25) is 10.0 Å². The van der Waals surface area contributed by atoms with Crippen LogP contribution in [0.15, 0.2) is 39.7 Å². The van der Waals surface area contributed by atoms with Crippen molar-refractivity contribution in [3.63, 3.8) is 0 Å². The molecule has 0 saturated heterocycles. The van der Waals surface area contributed by atoms with Crippen LogP contribution in [0.25, 0.3) is 39.3 Å². The van der Waals surface area contributed by atoms with Gasteiger partial charge in [-0.25, -0.2) is 29.4 Å². The lowest BCUT2D eigenvalue weighted by Crippen LogP contribution is -2.09. The van der Waals surface area contributed by atoms with E-state index in [0.29, 0.717) is 28.5 Å². The Labute approximate surface area is 198 Å². The van der Waals surface area contributed by atoms with E-state index in [-0.39, 0.29) is 32.5 Å². The lowest BCUT2D eigenvalue weighted by atomic mass is 10.2. The molecule has 172 valence electrons. The number of benzene rings is 1. The smallest absolute Gasteiger partial charge is 0.401 e. The molecule has 13 heteroatoms. The molecule has 4 aromatic heterocycles. The number of hydrogen-bond acceptors (Lipinski definition) is 7. The summed E-state index contributed by atoms with van der Waals surface area (Å²) in [6.07, 6.45) is -3.47. The van der Waals surface area contributed by atoms with Gasteiger partial charge in [0.1, 0.15) is 16.7 Å². The number of nitrogens with zero attached hydrogens (tertiary/aromatic N) is 6. The topological polar surface area (TPSA) is 99.6 Å². The van der Waals surface area contributed by atoms with Crippen molar-refractivity contribution >= 4 is 45.1 Å². The molecule has 0 spiro atoms. The van der Waals surface area contributed by atoms with Gasteiger partial charge in [-0.1, -0.05) is 23.2 Å². The molecule has 0 aliphatic carbocycles. The van der Waals surface area contributed by atoms with E-state index in [4.69, 9.17) is 27.6 Å². The van der Waals surface area contributed by atoms with Crippen LogP contribution in [-0.2, 0) is 6.18 Å². The van der Waals surface area contributed by atoms with Gasteiger partial charge in [-0.2, -0.15) is 18.3 Å². The van der Waals surface area contributed by atoms with E-state index in [0.717, 1.165) is 4.68 Å². The summed E-state index contributed by atoms with van der Waals surface area (Å²) in [6.45, 7) is 3.50. The zero-order chi connectivity index (χ0) is 24.4. The second-order valence-electron chi connectivity index (χ2n) is 7.29. The number of alkyl halides is 3. The Morgan fingerprint density at radius 1 is 1.03 bits per heavy atom. The number of rotatable bonds is 2. The van der Waals surface area contributed by atoms with Crippen LogP contribution in [0.5, 0.6) is 0 Å². The van der Waals surface area contributed by atoms with Gasteiger partial charge < -0.3 is 4.42 Å². The van der Waals surface area contributed by atoms with Gasteiger partial charge in [0.15, 0.2) is 11.5 Å². The first-order valence-corrected chi connectivity index (χ1v) is 10.4. The van der Waals surface area contributed by atoms with Gasteiger partial charge in [0.05, 0.1) is 32.3 Å². The average molecular weight is 507 g/mol. The minimum atomic E-state index is -4.79. The van der Waals surface area contributed by atoms with Crippen LogP contribution in [0.4, 0.5) is 13.2 Å². The zero-order valence-corrected chi connectivity index (χ0v) is 18.8. The highest BCUT2D eigenvalue weighted by atomic mass is 35.5. The molecule has 0 N–H and O–H groups in total. The van der Waals surface area contributed by atoms with Gasteiger partial charge in [-0.3, -0.25) is 0 Å². The summed E-state index contributed by atoms with van der Waals surface area (Å²) in [5, 5.41) is 3.61. The summed E-state index contributed by atoms with van der Waals surface area (Å²) in [5.74, 6) is -0.568. The molecule has 0 fully saturated rings. The fraction of sp³-hybridized carbons (Fsp3) is 0.143. The Balaban J connectivity index is 1.83. The summed E-state index contributed by atoms with van der Waals surface area (Å²) in [4.78, 5) is 29.9. The Bertz CT molecular complexity index is 1680. The van der Waals surface area contributed by atoms with Crippen molar-refractivity contribution in [3.05, 3.63) is 68.0 Å². The highest BCUT2D eigenvalue weighted by molar-refractivity contribution is 6.39. The highest BCUT2D eigenvalue weighted by Gasteiger charge is 2.36. The Kier molecular flexibility index (Phi) is 5.06. The number of pyridine rings is 1. The minimum absolute atomic E-state index is 0.00298. The maximum atomic E-state index is 13.5. The quantitative estimate of drug-likeness (QED) is 0.298. The fourth-order valence-electron chi connectivity index (χ4n) is 3.33. The van der Waals surface area contributed by atoms with E-state index in [1.165, 1.54) is 24.4 Å². The molecule has 0 radical (unpaired) electrons. The van der Waals surface area contributed by atoms with Gasteiger partial charge in [0.25, 0.3) is 0 Å². The Morgan fingerprint density at radius 3 is 2.47 bits per heavy atom. The Morgan fingerprint density at radius 2 is 1.76 bits per heavy atom. The van der Waals surface area contributed by atoms with Crippen molar-refractivity contribution in [2.45, 2.75) is 20.0 Å². The predicted octanol–water partition coefficient (Wildman–Crippen LogP) is 5.32. The van der Waals surface area contributed by atoms with E-state index >= 15 is 0 Å². The van der Waals surface area contributed by atoms with Gasteiger partial charge >= 0.3 is 11.8 Å². The van der Waals surface area contributed by atoms with Gasteiger partial charge in [0.2, 0.25) is 5.89 Å². The first-order valence-electron chi connectivity index (χ1n) is 9.61. The fourth-order valence-corrected chi connectivity index (χ4v) is 3.81. The van der Waals surface area contributed by atoms with Crippen LogP contribution in [0.1, 0.15) is 17.1 Å². The first kappa shape index (κ1) is 22.2. The maximum Gasteiger partial charge on any atom is 0.435 e. The zero-order valence-electron chi connectivity index (χ0n) is 17.3. The van der Waals surface area contributed by atoms with Crippen molar-refractivity contribution in [2.24, 2.45) is 0 Å². The highest BCUT2D eigenvalue weighted by Crippen LogP contribution is 2.35. The molecule has 0 amide bonds. The average Bonchev–Trinajstić information content (AvgIpc) is 3.22. The molecule has 8 nitrogen and oxygen atoms in total. The molecule has 0 atom stereocenters. The molecule has 0 aliphatic rings. The molecule has 5 aromatic rings. The second-order valence-corrected chi connectivity index (χ2v) is 8.07. The number of aromatic nitrogens is 6. The number of hydrogen-bond donors (Lipinski definition) is 0. The number of fused-ring (bicyclic) bond motifs is 2. The summed E-state index contributed by atoms with van der Waals surface area (Å²) in [6, 6.07) is 5.04. The van der Waals surface area contributed by atoms with Crippen LogP contribution in [-0.4, -0.2) is 29.7 Å². The predicted molar refractivity (Wildman–Crippen MR) is 118 cm³/mol. The SMILES string of the molecule is Cc1nc2cc3c(=O)oc(-c4cc(C(F)(F)F)nn4-c4ncccc4Cl)nc3c(Cl)c2nc1C. The largest absolute Gasteiger partial charge is 0.435 e. The summed E-state index contributed by atoms with van der Waals surface area (Å²) in [7, 11) is 0. The summed E-state index contributed by atoms with van der Waals surface area (Å²) >= 11 is 12.6. The molecule has 0 bridgehead atoms. The van der Waals surface area contributed by atoms with Crippen LogP contribution >= 0.6 is 23.2 Å². The summed E-state index contributed by atoms with van der Waals surface area (Å²) < 4.78 is 46.5. The van der Waals surface area contributed by atoms with Crippen molar-refractivity contribution in [2.75, 3.05) is 0 Å². The van der Waals surface area contributed by atoms with E-state index in [1.54, 1.807) is 13.8 Å². The van der Waals surface area contributed by atoms with E-state index < -0.39 is 23.4 Å². The third kappa shape index (κ3) is 3.57. The van der Waals surface area contributed by atoms with Crippen molar-refractivity contribution in [1.82, 2.24) is 29.7 Å². The first-order chi connectivity index (χ1) is 16.0. The van der Waals surface area contributed by atoms with Gasteiger partial charge in [-0.15, -0.1) is 0 Å². The van der Waals surface area contributed by atoms with Gasteiger partial charge in [-0.05, 0) is 32.0 Å². The van der Waals surface area contributed by atoms with E-state index in [9.17, 15) is 18.0 Å². The molecule has 34 heavy (non-hydrogen) atoms. The van der Waals surface area contributed by atoms with Crippen molar-refractivity contribution < 1.29 is 17.6 Å². The van der Waals surface area contributed by atoms with E-state index in [2.05, 4.69) is 25.0 Å². The number of halogens is 5. The standard InChI is InChI=1S/C21H11Cl2F3N6O2/c1-8-9(2)29-17-12(28-8)6-10-16(15(17)23)30-19(34-20(10)33)13-7-14(21(24,25)26)31-32(13)18-11(22)4-3-5-27-18/h3-7H,1-2H3. The third-order valence-electron chi connectivity index (χ3n) is 5.07. The van der Waals surface area contributed by atoms with Gasteiger partial charge in [0, 0.05) is 12.3 Å². The molecule has 5 rings (SSSR count). The van der Waals surface area contributed by atoms with Crippen LogP contribution in [0, 0.1) is 13.8 Å². The summed E-state index contributed by atoms with van der Waals surface area (Å²) in [5.41, 5.74) is -0.527. The minimum Gasteiger partial charge on any atom is -0.401 e. The molecule has 1 aromatic carbocycles. The normalized spacial score (nSPS) is 12.1. The monoisotopic (exact) mass is 506 g/mol. The second kappa shape index (κ2) is 7.74. The maximum absolute atomic E-state index is 13.5. The van der Waals surface area contributed by atoms with Crippen LogP contribution < -0.4 is 5.63 Å². The lowest BCUT2D eigenvalue weighted by Gasteiger charge is -2.09. The number of aryl methyl sites for hydroxylation is 2. The molecule has 4 heterocycles. The van der Waals surface area contributed by atoms with Crippen LogP contribution in [0.3, 0.4) is 0 Å². The molecular weight excluding hydrogens is 496 g/mol. The molecular formula is C21H11Cl2F3N6O2. The molecule has 0 saturated carbocycles. The lowest BCUT2D eigenvalue weighted by molar-refractivity contribution is -0.141.